The number of aryl methyl sites for hydroxylation is 1. The van der Waals surface area contributed by atoms with Crippen molar-refractivity contribution in [1.82, 2.24) is 5.16 Å². The van der Waals surface area contributed by atoms with Crippen LogP contribution < -0.4 is 19.5 Å². The van der Waals surface area contributed by atoms with Crippen LogP contribution in [-0.2, 0) is 9.47 Å². The van der Waals surface area contributed by atoms with Gasteiger partial charge in [0.15, 0.2) is 11.5 Å². The van der Waals surface area contributed by atoms with E-state index < -0.39 is 6.09 Å². The second kappa shape index (κ2) is 10.5. The van der Waals surface area contributed by atoms with Crippen LogP contribution in [0, 0.1) is 6.92 Å². The Morgan fingerprint density at radius 1 is 0.969 bits per heavy atom. The lowest BCUT2D eigenvalue weighted by molar-refractivity contribution is 0.107. The summed E-state index contributed by atoms with van der Waals surface area (Å²) in [5, 5.41) is 6.88. The number of benzene rings is 2. The number of nitrogens with zero attached hydrogens (tertiary/aromatic N) is 1. The minimum Gasteiger partial charge on any atom is -0.495 e. The molecular weight excluding hydrogens is 416 g/mol. The van der Waals surface area contributed by atoms with Crippen molar-refractivity contribution < 1.29 is 33.0 Å². The fourth-order valence-corrected chi connectivity index (χ4v) is 3.28. The predicted molar refractivity (Wildman–Crippen MR) is 119 cm³/mol. The Balaban J connectivity index is 1.96. The molecule has 0 fully saturated rings. The average Bonchev–Trinajstić information content (AvgIpc) is 3.28. The first-order valence-electron chi connectivity index (χ1n) is 9.80. The summed E-state index contributed by atoms with van der Waals surface area (Å²) in [4.78, 5) is 12.1. The van der Waals surface area contributed by atoms with Gasteiger partial charge in [0.2, 0.25) is 0 Å². The van der Waals surface area contributed by atoms with Crippen LogP contribution in [-0.4, -0.2) is 52.9 Å². The summed E-state index contributed by atoms with van der Waals surface area (Å²) >= 11 is 0. The smallest absolute Gasteiger partial charge is 0.411 e. The van der Waals surface area contributed by atoms with Crippen molar-refractivity contribution in [3.8, 4) is 39.6 Å². The Morgan fingerprint density at radius 3 is 2.44 bits per heavy atom. The summed E-state index contributed by atoms with van der Waals surface area (Å²) in [6, 6.07) is 9.14. The number of rotatable bonds is 9. The van der Waals surface area contributed by atoms with Crippen molar-refractivity contribution in [1.29, 1.82) is 0 Å². The van der Waals surface area contributed by atoms with Gasteiger partial charge >= 0.3 is 6.09 Å². The van der Waals surface area contributed by atoms with Gasteiger partial charge < -0.3 is 28.2 Å². The SMILES string of the molecule is COCCOC(=O)Nc1cc(-c2conc2-c2cc(C)c(OC)c(OC)c2)ccc1OC. The minimum atomic E-state index is -0.612. The van der Waals surface area contributed by atoms with Crippen LogP contribution in [0.1, 0.15) is 5.56 Å². The van der Waals surface area contributed by atoms with Crippen molar-refractivity contribution in [2.75, 3.05) is 47.0 Å². The van der Waals surface area contributed by atoms with Gasteiger partial charge in [-0.3, -0.25) is 5.32 Å². The first-order chi connectivity index (χ1) is 15.5. The zero-order chi connectivity index (χ0) is 23.1. The zero-order valence-electron chi connectivity index (χ0n) is 18.7. The molecule has 0 spiro atoms. The van der Waals surface area contributed by atoms with Crippen LogP contribution in [0.3, 0.4) is 0 Å². The number of methoxy groups -OCH3 is 4. The fourth-order valence-electron chi connectivity index (χ4n) is 3.28. The number of ether oxygens (including phenoxy) is 5. The maximum Gasteiger partial charge on any atom is 0.411 e. The maximum atomic E-state index is 12.1. The van der Waals surface area contributed by atoms with Gasteiger partial charge in [-0.15, -0.1) is 0 Å². The summed E-state index contributed by atoms with van der Waals surface area (Å²) in [6.45, 7) is 2.37. The molecule has 1 aromatic heterocycles. The van der Waals surface area contributed by atoms with Gasteiger partial charge in [-0.05, 0) is 42.3 Å². The van der Waals surface area contributed by atoms with Crippen LogP contribution in [0.4, 0.5) is 10.5 Å². The summed E-state index contributed by atoms with van der Waals surface area (Å²) in [7, 11) is 6.23. The topological polar surface area (TPSA) is 101 Å². The Kier molecular flexibility index (Phi) is 7.56. The number of anilines is 1. The van der Waals surface area contributed by atoms with Gasteiger partial charge in [-0.1, -0.05) is 11.2 Å². The van der Waals surface area contributed by atoms with E-state index in [-0.39, 0.29) is 6.61 Å². The largest absolute Gasteiger partial charge is 0.495 e. The second-order valence-corrected chi connectivity index (χ2v) is 6.77. The molecule has 0 unspecified atom stereocenters. The van der Waals surface area contributed by atoms with Crippen molar-refractivity contribution >= 4 is 11.8 Å². The molecule has 0 aliphatic rings. The Bertz CT molecular complexity index is 1080. The van der Waals surface area contributed by atoms with Gasteiger partial charge in [0, 0.05) is 18.2 Å². The number of hydrogen-bond donors (Lipinski definition) is 1. The molecule has 2 aromatic carbocycles. The number of nitrogens with one attached hydrogen (secondary N) is 1. The number of amides is 1. The van der Waals surface area contributed by atoms with Gasteiger partial charge in [-0.25, -0.2) is 4.79 Å². The molecule has 1 N–H and O–H groups in total. The number of carbonyl (C=O) groups is 1. The van der Waals surface area contributed by atoms with Crippen LogP contribution in [0.25, 0.3) is 22.4 Å². The molecule has 1 heterocycles. The third-order valence-electron chi connectivity index (χ3n) is 4.78. The summed E-state index contributed by atoms with van der Waals surface area (Å²) in [5.74, 6) is 1.73. The highest BCUT2D eigenvalue weighted by atomic mass is 16.6. The van der Waals surface area contributed by atoms with Crippen LogP contribution in [0.15, 0.2) is 41.1 Å². The Hall–Kier alpha value is -3.72. The Morgan fingerprint density at radius 2 is 1.75 bits per heavy atom. The van der Waals surface area contributed by atoms with Crippen molar-refractivity contribution in [3.05, 3.63) is 42.2 Å². The number of carbonyl (C=O) groups excluding carboxylic acids is 1. The molecule has 3 aromatic rings. The maximum absolute atomic E-state index is 12.1. The fraction of sp³-hybridized carbons (Fsp3) is 0.304. The van der Waals surface area contributed by atoms with E-state index in [0.29, 0.717) is 35.2 Å². The highest BCUT2D eigenvalue weighted by Crippen LogP contribution is 2.40. The van der Waals surface area contributed by atoms with Crippen LogP contribution in [0.2, 0.25) is 0 Å². The second-order valence-electron chi connectivity index (χ2n) is 6.77. The van der Waals surface area contributed by atoms with E-state index in [1.54, 1.807) is 32.6 Å². The van der Waals surface area contributed by atoms with Crippen LogP contribution in [0.5, 0.6) is 17.2 Å². The molecule has 9 heteroatoms. The van der Waals surface area contributed by atoms with E-state index in [2.05, 4.69) is 10.5 Å². The molecular formula is C23H26N2O7. The monoisotopic (exact) mass is 442 g/mol. The molecule has 0 aliphatic heterocycles. The van der Waals surface area contributed by atoms with E-state index in [0.717, 1.165) is 22.3 Å². The number of hydrogen-bond acceptors (Lipinski definition) is 8. The molecule has 0 bridgehead atoms. The van der Waals surface area contributed by atoms with Crippen LogP contribution >= 0.6 is 0 Å². The quantitative estimate of drug-likeness (QED) is 0.482. The summed E-state index contributed by atoms with van der Waals surface area (Å²) in [6.07, 6.45) is 0.933. The molecule has 1 amide bonds. The molecule has 0 saturated carbocycles. The summed E-state index contributed by atoms with van der Waals surface area (Å²) in [5.41, 5.74) is 4.26. The van der Waals surface area contributed by atoms with Gasteiger partial charge in [0.1, 0.15) is 24.3 Å². The van der Waals surface area contributed by atoms with Gasteiger partial charge in [0.25, 0.3) is 0 Å². The first kappa shape index (κ1) is 23.0. The minimum absolute atomic E-state index is 0.138. The molecule has 170 valence electrons. The summed E-state index contributed by atoms with van der Waals surface area (Å²) < 4.78 is 31.5. The Labute approximate surface area is 186 Å². The average molecular weight is 442 g/mol. The molecule has 9 nitrogen and oxygen atoms in total. The standard InChI is InChI=1S/C23H26N2O7/c1-14-10-16(12-20(29-4)22(14)30-5)21-17(13-32-25-21)15-6-7-19(28-3)18(11-15)24-23(26)31-9-8-27-2/h6-7,10-13H,8-9H2,1-5H3,(H,24,26). The van der Waals surface area contributed by atoms with E-state index in [4.69, 9.17) is 28.2 Å². The lowest BCUT2D eigenvalue weighted by atomic mass is 9.99. The molecule has 0 atom stereocenters. The predicted octanol–water partition coefficient (Wildman–Crippen LogP) is 4.54. The first-order valence-corrected chi connectivity index (χ1v) is 9.80. The van der Waals surface area contributed by atoms with E-state index in [1.165, 1.54) is 14.2 Å². The van der Waals surface area contributed by atoms with Crippen molar-refractivity contribution in [2.24, 2.45) is 0 Å². The van der Waals surface area contributed by atoms with E-state index in [1.807, 2.05) is 25.1 Å². The molecule has 32 heavy (non-hydrogen) atoms. The van der Waals surface area contributed by atoms with Gasteiger partial charge in [-0.2, -0.15) is 0 Å². The molecule has 3 rings (SSSR count). The van der Waals surface area contributed by atoms with E-state index in [9.17, 15) is 4.79 Å². The lowest BCUT2D eigenvalue weighted by Crippen LogP contribution is -2.16. The van der Waals surface area contributed by atoms with Crippen molar-refractivity contribution in [2.45, 2.75) is 6.92 Å². The molecule has 0 saturated heterocycles. The molecule has 0 radical (unpaired) electrons. The van der Waals surface area contributed by atoms with E-state index >= 15 is 0 Å². The highest BCUT2D eigenvalue weighted by molar-refractivity contribution is 5.90. The van der Waals surface area contributed by atoms with Gasteiger partial charge in [0.05, 0.1) is 33.6 Å². The third kappa shape index (κ3) is 4.94. The molecule has 0 aliphatic carbocycles. The normalized spacial score (nSPS) is 10.5. The zero-order valence-corrected chi connectivity index (χ0v) is 18.7. The number of aromatic nitrogens is 1. The lowest BCUT2D eigenvalue weighted by Gasteiger charge is -2.14. The third-order valence-corrected chi connectivity index (χ3v) is 4.78. The highest BCUT2D eigenvalue weighted by Gasteiger charge is 2.18. The van der Waals surface area contributed by atoms with Crippen molar-refractivity contribution in [3.63, 3.8) is 0 Å².